The van der Waals surface area contributed by atoms with E-state index in [4.69, 9.17) is 0 Å². The van der Waals surface area contributed by atoms with E-state index in [1.54, 1.807) is 0 Å². The van der Waals surface area contributed by atoms with E-state index in [0.29, 0.717) is 6.04 Å². The number of rotatable bonds is 3. The predicted molar refractivity (Wildman–Crippen MR) is 64.2 cm³/mol. The SMILES string of the molecule is CCC(c1ncc(C)cn1)N1CCNCC1. The minimum atomic E-state index is 0.377. The van der Waals surface area contributed by atoms with E-state index in [-0.39, 0.29) is 0 Å². The van der Waals surface area contributed by atoms with Gasteiger partial charge in [-0.1, -0.05) is 6.92 Å². The van der Waals surface area contributed by atoms with Gasteiger partial charge in [-0.15, -0.1) is 0 Å². The third-order valence-electron chi connectivity index (χ3n) is 3.08. The summed E-state index contributed by atoms with van der Waals surface area (Å²) in [5.74, 6) is 0.968. The average molecular weight is 220 g/mol. The lowest BCUT2D eigenvalue weighted by atomic mass is 10.1. The van der Waals surface area contributed by atoms with Gasteiger partial charge in [-0.3, -0.25) is 4.90 Å². The molecule has 1 saturated heterocycles. The van der Waals surface area contributed by atoms with Crippen LogP contribution in [-0.4, -0.2) is 41.0 Å². The molecule has 1 N–H and O–H groups in total. The molecule has 0 bridgehead atoms. The fraction of sp³-hybridized carbons (Fsp3) is 0.667. The summed E-state index contributed by atoms with van der Waals surface area (Å²) < 4.78 is 0. The van der Waals surface area contributed by atoms with Crippen molar-refractivity contribution in [2.24, 2.45) is 0 Å². The summed E-state index contributed by atoms with van der Waals surface area (Å²) in [6, 6.07) is 0.377. The molecule has 1 fully saturated rings. The largest absolute Gasteiger partial charge is 0.314 e. The van der Waals surface area contributed by atoms with Crippen LogP contribution in [0.3, 0.4) is 0 Å². The van der Waals surface area contributed by atoms with Crippen LogP contribution in [0.25, 0.3) is 0 Å². The molecule has 0 spiro atoms. The summed E-state index contributed by atoms with van der Waals surface area (Å²) in [4.78, 5) is 11.4. The molecule has 88 valence electrons. The molecule has 0 radical (unpaired) electrons. The predicted octanol–water partition coefficient (Wildman–Crippen LogP) is 1.14. The van der Waals surface area contributed by atoms with Crippen molar-refractivity contribution in [2.75, 3.05) is 26.2 Å². The molecule has 1 aliphatic heterocycles. The highest BCUT2D eigenvalue weighted by molar-refractivity contribution is 5.05. The molecular formula is C12H20N4. The van der Waals surface area contributed by atoms with E-state index >= 15 is 0 Å². The first-order valence-electron chi connectivity index (χ1n) is 6.04. The molecule has 1 aromatic heterocycles. The number of hydrogen-bond donors (Lipinski definition) is 1. The quantitative estimate of drug-likeness (QED) is 0.829. The number of nitrogens with one attached hydrogen (secondary N) is 1. The van der Waals surface area contributed by atoms with Crippen molar-refractivity contribution in [2.45, 2.75) is 26.3 Å². The summed E-state index contributed by atoms with van der Waals surface area (Å²) in [6.07, 6.45) is 4.89. The molecule has 4 heteroatoms. The Morgan fingerprint density at radius 3 is 2.50 bits per heavy atom. The molecule has 0 aromatic carbocycles. The monoisotopic (exact) mass is 220 g/mol. The zero-order chi connectivity index (χ0) is 11.4. The third-order valence-corrected chi connectivity index (χ3v) is 3.08. The Balaban J connectivity index is 2.11. The fourth-order valence-electron chi connectivity index (χ4n) is 2.17. The molecule has 0 aliphatic carbocycles. The van der Waals surface area contributed by atoms with E-state index in [1.807, 2.05) is 19.3 Å². The summed E-state index contributed by atoms with van der Waals surface area (Å²) in [5.41, 5.74) is 1.12. The van der Waals surface area contributed by atoms with Gasteiger partial charge in [0.25, 0.3) is 0 Å². The molecular weight excluding hydrogens is 200 g/mol. The van der Waals surface area contributed by atoms with E-state index in [0.717, 1.165) is 44.0 Å². The summed E-state index contributed by atoms with van der Waals surface area (Å²) in [7, 11) is 0. The van der Waals surface area contributed by atoms with Crippen molar-refractivity contribution in [3.05, 3.63) is 23.8 Å². The highest BCUT2D eigenvalue weighted by atomic mass is 15.2. The maximum Gasteiger partial charge on any atom is 0.145 e. The Morgan fingerprint density at radius 2 is 1.94 bits per heavy atom. The highest BCUT2D eigenvalue weighted by Crippen LogP contribution is 2.20. The van der Waals surface area contributed by atoms with Crippen molar-refractivity contribution in [3.8, 4) is 0 Å². The van der Waals surface area contributed by atoms with Crippen LogP contribution in [-0.2, 0) is 0 Å². The molecule has 2 heterocycles. The van der Waals surface area contributed by atoms with Gasteiger partial charge in [0, 0.05) is 38.6 Å². The maximum atomic E-state index is 4.45. The van der Waals surface area contributed by atoms with Crippen LogP contribution >= 0.6 is 0 Å². The minimum absolute atomic E-state index is 0.377. The van der Waals surface area contributed by atoms with Crippen LogP contribution in [0.2, 0.25) is 0 Å². The summed E-state index contributed by atoms with van der Waals surface area (Å²) in [6.45, 7) is 8.56. The zero-order valence-corrected chi connectivity index (χ0v) is 10.1. The number of aryl methyl sites for hydroxylation is 1. The van der Waals surface area contributed by atoms with Crippen LogP contribution in [0.4, 0.5) is 0 Å². The first-order valence-corrected chi connectivity index (χ1v) is 6.04. The zero-order valence-electron chi connectivity index (χ0n) is 10.1. The van der Waals surface area contributed by atoms with Crippen molar-refractivity contribution >= 4 is 0 Å². The number of piperazine rings is 1. The van der Waals surface area contributed by atoms with Crippen LogP contribution in [0.5, 0.6) is 0 Å². The van der Waals surface area contributed by atoms with E-state index in [2.05, 4.69) is 27.1 Å². The normalized spacial score (nSPS) is 19.6. The van der Waals surface area contributed by atoms with E-state index < -0.39 is 0 Å². The summed E-state index contributed by atoms with van der Waals surface area (Å²) in [5, 5.41) is 3.37. The first kappa shape index (κ1) is 11.5. The lowest BCUT2D eigenvalue weighted by molar-refractivity contribution is 0.162. The Bertz CT molecular complexity index is 316. The molecule has 2 rings (SSSR count). The number of hydrogen-bond acceptors (Lipinski definition) is 4. The highest BCUT2D eigenvalue weighted by Gasteiger charge is 2.22. The second kappa shape index (κ2) is 5.37. The lowest BCUT2D eigenvalue weighted by Crippen LogP contribution is -2.45. The van der Waals surface area contributed by atoms with Crippen LogP contribution in [0.1, 0.15) is 30.8 Å². The van der Waals surface area contributed by atoms with Gasteiger partial charge < -0.3 is 5.32 Å². The van der Waals surface area contributed by atoms with Gasteiger partial charge in [-0.05, 0) is 18.9 Å². The van der Waals surface area contributed by atoms with Crippen molar-refractivity contribution < 1.29 is 0 Å². The summed E-state index contributed by atoms with van der Waals surface area (Å²) >= 11 is 0. The standard InChI is InChI=1S/C12H20N4/c1-3-11(16-6-4-13-5-7-16)12-14-8-10(2)9-15-12/h8-9,11,13H,3-7H2,1-2H3. The maximum absolute atomic E-state index is 4.45. The van der Waals surface area contributed by atoms with Crippen molar-refractivity contribution in [1.82, 2.24) is 20.2 Å². The van der Waals surface area contributed by atoms with E-state index in [1.165, 1.54) is 0 Å². The lowest BCUT2D eigenvalue weighted by Gasteiger charge is -2.33. The fourth-order valence-corrected chi connectivity index (χ4v) is 2.17. The van der Waals surface area contributed by atoms with Gasteiger partial charge >= 0.3 is 0 Å². The second-order valence-electron chi connectivity index (χ2n) is 4.33. The van der Waals surface area contributed by atoms with Gasteiger partial charge in [0.05, 0.1) is 6.04 Å². The number of nitrogens with zero attached hydrogens (tertiary/aromatic N) is 3. The van der Waals surface area contributed by atoms with Crippen LogP contribution in [0.15, 0.2) is 12.4 Å². The Labute approximate surface area is 97.1 Å². The molecule has 1 aromatic rings. The second-order valence-corrected chi connectivity index (χ2v) is 4.33. The van der Waals surface area contributed by atoms with Crippen molar-refractivity contribution in [1.29, 1.82) is 0 Å². The van der Waals surface area contributed by atoms with Gasteiger partial charge in [0.2, 0.25) is 0 Å². The van der Waals surface area contributed by atoms with Gasteiger partial charge in [-0.2, -0.15) is 0 Å². The topological polar surface area (TPSA) is 41.1 Å². The molecule has 16 heavy (non-hydrogen) atoms. The average Bonchev–Trinajstić information content (AvgIpc) is 2.34. The molecule has 1 unspecified atom stereocenters. The molecule has 0 amide bonds. The molecule has 1 aliphatic rings. The third kappa shape index (κ3) is 2.57. The Morgan fingerprint density at radius 1 is 1.31 bits per heavy atom. The van der Waals surface area contributed by atoms with Gasteiger partial charge in [0.15, 0.2) is 0 Å². The van der Waals surface area contributed by atoms with Crippen LogP contribution < -0.4 is 5.32 Å². The first-order chi connectivity index (χ1) is 7.81. The van der Waals surface area contributed by atoms with Crippen molar-refractivity contribution in [3.63, 3.8) is 0 Å². The van der Waals surface area contributed by atoms with Gasteiger partial charge in [-0.25, -0.2) is 9.97 Å². The molecule has 1 atom stereocenters. The van der Waals surface area contributed by atoms with Crippen LogP contribution in [0, 0.1) is 6.92 Å². The Kier molecular flexibility index (Phi) is 3.85. The Hall–Kier alpha value is -1.00. The minimum Gasteiger partial charge on any atom is -0.314 e. The smallest absolute Gasteiger partial charge is 0.145 e. The van der Waals surface area contributed by atoms with E-state index in [9.17, 15) is 0 Å². The number of aromatic nitrogens is 2. The van der Waals surface area contributed by atoms with Gasteiger partial charge in [0.1, 0.15) is 5.82 Å². The molecule has 0 saturated carbocycles. The molecule has 4 nitrogen and oxygen atoms in total.